The van der Waals surface area contributed by atoms with Gasteiger partial charge in [0.05, 0.1) is 4.90 Å². The van der Waals surface area contributed by atoms with Crippen LogP contribution in [0.25, 0.3) is 0 Å². The number of sulfonamides is 1. The quantitative estimate of drug-likeness (QED) is 0.728. The van der Waals surface area contributed by atoms with Crippen molar-refractivity contribution in [2.75, 3.05) is 11.3 Å². The van der Waals surface area contributed by atoms with Gasteiger partial charge < -0.3 is 4.90 Å². The highest BCUT2D eigenvalue weighted by Gasteiger charge is 2.23. The van der Waals surface area contributed by atoms with Crippen molar-refractivity contribution in [1.82, 2.24) is 4.90 Å². The predicted octanol–water partition coefficient (Wildman–Crippen LogP) is 3.75. The molecule has 0 atom stereocenters. The smallest absolute Gasteiger partial charge is 0.261 e. The monoisotopic (exact) mass is 398 g/mol. The van der Waals surface area contributed by atoms with Gasteiger partial charge in [-0.05, 0) is 53.8 Å². The summed E-state index contributed by atoms with van der Waals surface area (Å²) >= 11 is 1.73. The number of hydrogen-bond donors (Lipinski definition) is 1. The fourth-order valence-corrected chi connectivity index (χ4v) is 5.09. The van der Waals surface area contributed by atoms with E-state index in [9.17, 15) is 13.2 Å². The Morgan fingerprint density at radius 2 is 1.85 bits per heavy atom. The second-order valence-corrected chi connectivity index (χ2v) is 9.03. The van der Waals surface area contributed by atoms with Gasteiger partial charge in [-0.3, -0.25) is 9.52 Å². The first kappa shape index (κ1) is 17.8. The van der Waals surface area contributed by atoms with E-state index in [-0.39, 0.29) is 10.8 Å². The maximum Gasteiger partial charge on any atom is 0.261 e. The van der Waals surface area contributed by atoms with E-state index in [0.29, 0.717) is 24.3 Å². The van der Waals surface area contributed by atoms with Crippen molar-refractivity contribution in [2.45, 2.75) is 17.9 Å². The molecule has 0 fully saturated rings. The Morgan fingerprint density at radius 3 is 2.67 bits per heavy atom. The average Bonchev–Trinajstić information content (AvgIpc) is 3.16. The number of nitrogens with zero attached hydrogens (tertiary/aromatic N) is 1. The van der Waals surface area contributed by atoms with Gasteiger partial charge in [0.1, 0.15) is 0 Å². The zero-order valence-corrected chi connectivity index (χ0v) is 16.1. The zero-order chi connectivity index (χ0) is 18.9. The number of carbonyl (C=O) groups excluding carboxylic acids is 1. The fourth-order valence-electron chi connectivity index (χ4n) is 3.13. The van der Waals surface area contributed by atoms with E-state index >= 15 is 0 Å². The molecular weight excluding hydrogens is 380 g/mol. The molecule has 0 bridgehead atoms. The summed E-state index contributed by atoms with van der Waals surface area (Å²) in [5.41, 5.74) is 2.04. The Kier molecular flexibility index (Phi) is 4.72. The first-order valence-corrected chi connectivity index (χ1v) is 10.9. The third-order valence-electron chi connectivity index (χ3n) is 4.51. The van der Waals surface area contributed by atoms with Crippen LogP contribution >= 0.6 is 11.3 Å². The molecule has 27 heavy (non-hydrogen) atoms. The zero-order valence-electron chi connectivity index (χ0n) is 14.5. The molecule has 4 rings (SSSR count). The van der Waals surface area contributed by atoms with Crippen LogP contribution in [-0.2, 0) is 23.0 Å². The molecule has 0 unspecified atom stereocenters. The van der Waals surface area contributed by atoms with Crippen LogP contribution in [0.2, 0.25) is 0 Å². The van der Waals surface area contributed by atoms with Crippen LogP contribution in [0.3, 0.4) is 0 Å². The van der Waals surface area contributed by atoms with E-state index in [4.69, 9.17) is 0 Å². The molecule has 1 aromatic heterocycles. The van der Waals surface area contributed by atoms with Gasteiger partial charge in [0.2, 0.25) is 0 Å². The molecule has 0 aliphatic carbocycles. The summed E-state index contributed by atoms with van der Waals surface area (Å²) in [5, 5.41) is 2.05. The van der Waals surface area contributed by atoms with Crippen molar-refractivity contribution in [3.8, 4) is 0 Å². The van der Waals surface area contributed by atoms with Gasteiger partial charge in [-0.25, -0.2) is 8.42 Å². The van der Waals surface area contributed by atoms with Gasteiger partial charge in [0, 0.05) is 29.2 Å². The lowest BCUT2D eigenvalue weighted by atomic mass is 10.1. The van der Waals surface area contributed by atoms with Crippen molar-refractivity contribution in [3.63, 3.8) is 0 Å². The summed E-state index contributed by atoms with van der Waals surface area (Å²) in [4.78, 5) is 16.2. The van der Waals surface area contributed by atoms with Crippen LogP contribution in [-0.4, -0.2) is 25.8 Å². The number of hydrogen-bond acceptors (Lipinski definition) is 4. The number of thiophene rings is 1. The lowest BCUT2D eigenvalue weighted by molar-refractivity contribution is 0.0736. The van der Waals surface area contributed by atoms with E-state index in [1.165, 1.54) is 22.6 Å². The second-order valence-electron chi connectivity index (χ2n) is 6.35. The number of amides is 1. The Labute approximate surface area is 162 Å². The predicted molar refractivity (Wildman–Crippen MR) is 106 cm³/mol. The van der Waals surface area contributed by atoms with Crippen molar-refractivity contribution >= 4 is 33.0 Å². The normalized spacial score (nSPS) is 13.9. The number of rotatable bonds is 4. The lowest BCUT2D eigenvalue weighted by Crippen LogP contribution is -2.35. The van der Waals surface area contributed by atoms with Crippen LogP contribution in [0.15, 0.2) is 70.9 Å². The standard InChI is InChI=1S/C20H18N2O3S2/c23-20(22-11-9-19-16(14-22)10-12-26-19)15-5-4-6-17(13-15)21-27(24,25)18-7-2-1-3-8-18/h1-8,10,12-13,21H,9,11,14H2. The lowest BCUT2D eigenvalue weighted by Gasteiger charge is -2.27. The van der Waals surface area contributed by atoms with Gasteiger partial charge in [0.15, 0.2) is 0 Å². The van der Waals surface area contributed by atoms with Crippen LogP contribution in [0.5, 0.6) is 0 Å². The van der Waals surface area contributed by atoms with Gasteiger partial charge in [0.25, 0.3) is 15.9 Å². The summed E-state index contributed by atoms with van der Waals surface area (Å²) in [6.45, 7) is 1.27. The van der Waals surface area contributed by atoms with Crippen LogP contribution in [0.1, 0.15) is 20.8 Å². The van der Waals surface area contributed by atoms with Gasteiger partial charge in [-0.1, -0.05) is 24.3 Å². The van der Waals surface area contributed by atoms with Crippen molar-refractivity contribution in [1.29, 1.82) is 0 Å². The van der Waals surface area contributed by atoms with E-state index < -0.39 is 10.0 Å². The molecule has 0 radical (unpaired) electrons. The minimum absolute atomic E-state index is 0.0902. The summed E-state index contributed by atoms with van der Waals surface area (Å²) in [7, 11) is -3.69. The van der Waals surface area contributed by atoms with Crippen LogP contribution in [0, 0.1) is 0 Å². The third-order valence-corrected chi connectivity index (χ3v) is 6.93. The van der Waals surface area contributed by atoms with Crippen molar-refractivity contribution in [2.24, 2.45) is 0 Å². The molecule has 1 amide bonds. The minimum atomic E-state index is -3.69. The fraction of sp³-hybridized carbons (Fsp3) is 0.150. The molecule has 2 heterocycles. The summed E-state index contributed by atoms with van der Waals surface area (Å²) in [6, 6.07) is 16.9. The molecule has 3 aromatic rings. The third kappa shape index (κ3) is 3.74. The van der Waals surface area contributed by atoms with Crippen LogP contribution < -0.4 is 4.72 Å². The molecule has 0 saturated heterocycles. The Morgan fingerprint density at radius 1 is 1.04 bits per heavy atom. The molecule has 0 spiro atoms. The first-order chi connectivity index (χ1) is 13.0. The largest absolute Gasteiger partial charge is 0.334 e. The van der Waals surface area contributed by atoms with Gasteiger partial charge in [-0.15, -0.1) is 11.3 Å². The molecule has 7 heteroatoms. The molecular formula is C20H18N2O3S2. The highest BCUT2D eigenvalue weighted by atomic mass is 32.2. The summed E-state index contributed by atoms with van der Waals surface area (Å²) < 4.78 is 27.5. The van der Waals surface area contributed by atoms with Gasteiger partial charge in [-0.2, -0.15) is 0 Å². The number of benzene rings is 2. The van der Waals surface area contributed by atoms with Gasteiger partial charge >= 0.3 is 0 Å². The molecule has 0 saturated carbocycles. The number of carbonyl (C=O) groups is 1. The minimum Gasteiger partial charge on any atom is -0.334 e. The molecule has 5 nitrogen and oxygen atoms in total. The SMILES string of the molecule is O=C(c1cccc(NS(=O)(=O)c2ccccc2)c1)N1CCc2sccc2C1. The topological polar surface area (TPSA) is 66.5 Å². The van der Waals surface area contributed by atoms with Crippen molar-refractivity contribution in [3.05, 3.63) is 82.0 Å². The maximum absolute atomic E-state index is 12.9. The van der Waals surface area contributed by atoms with E-state index in [0.717, 1.165) is 6.42 Å². The Balaban J connectivity index is 1.54. The molecule has 138 valence electrons. The molecule has 1 aliphatic rings. The summed E-state index contributed by atoms with van der Waals surface area (Å²) in [6.07, 6.45) is 0.860. The van der Waals surface area contributed by atoms with E-state index in [1.807, 2.05) is 0 Å². The van der Waals surface area contributed by atoms with E-state index in [2.05, 4.69) is 16.2 Å². The number of nitrogens with one attached hydrogen (secondary N) is 1. The highest BCUT2D eigenvalue weighted by molar-refractivity contribution is 7.92. The average molecular weight is 399 g/mol. The van der Waals surface area contributed by atoms with E-state index in [1.54, 1.807) is 58.7 Å². The second kappa shape index (κ2) is 7.17. The maximum atomic E-state index is 12.9. The Hall–Kier alpha value is -2.64. The molecule has 1 N–H and O–H groups in total. The Bertz CT molecular complexity index is 1080. The van der Waals surface area contributed by atoms with Crippen molar-refractivity contribution < 1.29 is 13.2 Å². The number of anilines is 1. The highest BCUT2D eigenvalue weighted by Crippen LogP contribution is 2.25. The molecule has 2 aromatic carbocycles. The summed E-state index contributed by atoms with van der Waals surface area (Å²) in [5.74, 6) is -0.0902. The number of fused-ring (bicyclic) bond motifs is 1. The molecule has 1 aliphatic heterocycles. The van der Waals surface area contributed by atoms with Crippen LogP contribution in [0.4, 0.5) is 5.69 Å². The first-order valence-electron chi connectivity index (χ1n) is 8.55.